The Hall–Kier alpha value is -2.20. The highest BCUT2D eigenvalue weighted by Gasteiger charge is 2.52. The van der Waals surface area contributed by atoms with Crippen LogP contribution in [-0.2, 0) is 16.6 Å². The first-order chi connectivity index (χ1) is 16.7. The molecule has 1 aromatic rings. The van der Waals surface area contributed by atoms with E-state index in [1.165, 1.54) is 43.4 Å². The predicted molar refractivity (Wildman–Crippen MR) is 138 cm³/mol. The zero-order valence-corrected chi connectivity index (χ0v) is 20.6. The third-order valence-electron chi connectivity index (χ3n) is 9.12. The molecule has 0 aromatic carbocycles. The minimum absolute atomic E-state index is 0.0319. The van der Waals surface area contributed by atoms with Crippen LogP contribution in [0.25, 0.3) is 0 Å². The first-order valence-corrected chi connectivity index (χ1v) is 13.6. The van der Waals surface area contributed by atoms with Crippen LogP contribution in [-0.4, -0.2) is 41.5 Å². The molecule has 1 amide bonds. The van der Waals surface area contributed by atoms with Gasteiger partial charge in [-0.05, 0) is 68.4 Å². The highest BCUT2D eigenvalue weighted by molar-refractivity contribution is 5.82. The molecule has 4 aliphatic rings. The maximum atomic E-state index is 14.4. The molecule has 2 saturated heterocycles. The van der Waals surface area contributed by atoms with E-state index >= 15 is 0 Å². The van der Waals surface area contributed by atoms with E-state index < -0.39 is 0 Å². The molecule has 4 nitrogen and oxygen atoms in total. The van der Waals surface area contributed by atoms with Crippen LogP contribution < -0.4 is 5.32 Å². The zero-order chi connectivity index (χ0) is 23.4. The van der Waals surface area contributed by atoms with Gasteiger partial charge in [-0.25, -0.2) is 0 Å². The molecule has 1 spiro atoms. The number of fused-ring (bicyclic) bond motifs is 2. The van der Waals surface area contributed by atoms with Crippen molar-refractivity contribution in [2.24, 2.45) is 17.8 Å². The first-order valence-electron chi connectivity index (χ1n) is 13.6. The van der Waals surface area contributed by atoms with Gasteiger partial charge in [-0.2, -0.15) is 0 Å². The van der Waals surface area contributed by atoms with Gasteiger partial charge in [0.25, 0.3) is 0 Å². The Morgan fingerprint density at radius 2 is 2.03 bits per heavy atom. The summed E-state index contributed by atoms with van der Waals surface area (Å²) < 4.78 is 0. The second-order valence-electron chi connectivity index (χ2n) is 11.0. The van der Waals surface area contributed by atoms with E-state index in [9.17, 15) is 4.79 Å². The van der Waals surface area contributed by atoms with Crippen molar-refractivity contribution in [1.29, 1.82) is 0 Å². The van der Waals surface area contributed by atoms with Crippen LogP contribution in [0.15, 0.2) is 55.3 Å². The fourth-order valence-electron chi connectivity index (χ4n) is 7.43. The van der Waals surface area contributed by atoms with Crippen LogP contribution in [0.2, 0.25) is 0 Å². The molecule has 3 fully saturated rings. The van der Waals surface area contributed by atoms with Crippen molar-refractivity contribution in [3.63, 3.8) is 0 Å². The molecule has 2 aliphatic carbocycles. The normalized spacial score (nSPS) is 32.5. The smallest absolute Gasteiger partial charge is 0.228 e. The molecular formula is C30H41N3O. The third kappa shape index (κ3) is 4.54. The van der Waals surface area contributed by atoms with Crippen molar-refractivity contribution in [3.8, 4) is 0 Å². The number of allylic oxidation sites excluding steroid dienone is 5. The largest absolute Gasteiger partial charge is 0.339 e. The molecule has 182 valence electrons. The fourth-order valence-corrected chi connectivity index (χ4v) is 7.43. The van der Waals surface area contributed by atoms with Crippen LogP contribution in [0, 0.1) is 17.8 Å². The summed E-state index contributed by atoms with van der Waals surface area (Å²) in [5, 5.41) is 3.63. The van der Waals surface area contributed by atoms with Gasteiger partial charge < -0.3 is 10.2 Å². The summed E-state index contributed by atoms with van der Waals surface area (Å²) in [5.41, 5.74) is 2.48. The summed E-state index contributed by atoms with van der Waals surface area (Å²) in [6, 6.07) is 4.70. The van der Waals surface area contributed by atoms with E-state index in [1.807, 2.05) is 18.3 Å². The number of hydrogen-bond acceptors (Lipinski definition) is 3. The van der Waals surface area contributed by atoms with Gasteiger partial charge in [0, 0.05) is 43.0 Å². The van der Waals surface area contributed by atoms with E-state index in [1.54, 1.807) is 0 Å². The number of carbonyl (C=O) groups excluding carboxylic acids is 1. The molecule has 0 radical (unpaired) electrons. The van der Waals surface area contributed by atoms with Crippen molar-refractivity contribution in [2.45, 2.75) is 75.7 Å². The number of amides is 1. The highest BCUT2D eigenvalue weighted by atomic mass is 16.2. The average molecular weight is 460 g/mol. The number of piperidine rings is 1. The predicted octanol–water partition coefficient (Wildman–Crippen LogP) is 5.36. The monoisotopic (exact) mass is 459 g/mol. The van der Waals surface area contributed by atoms with Crippen molar-refractivity contribution in [2.75, 3.05) is 19.6 Å². The maximum Gasteiger partial charge on any atom is 0.228 e. The van der Waals surface area contributed by atoms with E-state index in [0.717, 1.165) is 51.7 Å². The Morgan fingerprint density at radius 3 is 2.88 bits per heavy atom. The molecular weight excluding hydrogens is 418 g/mol. The number of pyridine rings is 1. The summed E-state index contributed by atoms with van der Waals surface area (Å²) in [7, 11) is 0. The second kappa shape index (κ2) is 10.6. The summed E-state index contributed by atoms with van der Waals surface area (Å²) >= 11 is 0. The molecule has 4 heteroatoms. The number of nitrogens with one attached hydrogen (secondary N) is 1. The lowest BCUT2D eigenvalue weighted by molar-refractivity contribution is -0.143. The molecule has 0 bridgehead atoms. The lowest BCUT2D eigenvalue weighted by Crippen LogP contribution is -2.55. The second-order valence-corrected chi connectivity index (χ2v) is 11.0. The molecule has 5 rings (SSSR count). The molecule has 34 heavy (non-hydrogen) atoms. The van der Waals surface area contributed by atoms with Gasteiger partial charge in [-0.3, -0.25) is 9.78 Å². The standard InChI is InChI=1S/C30H41N3O/c1-2-3-4-6-11-23-16-19-33(28(20-23)24-12-7-5-8-13-24)29(34)26-21-31-22-30(26)17-9-15-27-25(30)14-10-18-32-27/h2-4,6,10-11,14,18,23-24,26,28,31H,1,5,7-9,12-13,15-17,19-22H2. The topological polar surface area (TPSA) is 45.2 Å². The van der Waals surface area contributed by atoms with Gasteiger partial charge in [-0.15, -0.1) is 0 Å². The summed E-state index contributed by atoms with van der Waals surface area (Å²) in [6.45, 7) is 6.37. The maximum absolute atomic E-state index is 14.4. The van der Waals surface area contributed by atoms with Gasteiger partial charge >= 0.3 is 0 Å². The van der Waals surface area contributed by atoms with E-state index in [-0.39, 0.29) is 11.3 Å². The van der Waals surface area contributed by atoms with Gasteiger partial charge in [-0.1, -0.05) is 62.3 Å². The molecule has 1 saturated carbocycles. The Labute approximate surface area is 205 Å². The Balaban J connectivity index is 1.40. The van der Waals surface area contributed by atoms with Crippen molar-refractivity contribution < 1.29 is 4.79 Å². The zero-order valence-electron chi connectivity index (χ0n) is 20.6. The van der Waals surface area contributed by atoms with Crippen LogP contribution in [0.3, 0.4) is 0 Å². The Bertz CT molecular complexity index is 931. The lowest BCUT2D eigenvalue weighted by atomic mass is 9.65. The molecule has 1 aromatic heterocycles. The molecule has 3 heterocycles. The molecule has 4 atom stereocenters. The van der Waals surface area contributed by atoms with Crippen LogP contribution >= 0.6 is 0 Å². The Morgan fingerprint density at radius 1 is 1.15 bits per heavy atom. The average Bonchev–Trinajstić information content (AvgIpc) is 3.31. The van der Waals surface area contributed by atoms with E-state index in [4.69, 9.17) is 4.98 Å². The third-order valence-corrected chi connectivity index (χ3v) is 9.12. The van der Waals surface area contributed by atoms with Crippen LogP contribution in [0.5, 0.6) is 0 Å². The number of aromatic nitrogens is 1. The fraction of sp³-hybridized carbons (Fsp3) is 0.600. The number of carbonyl (C=O) groups is 1. The van der Waals surface area contributed by atoms with Gasteiger partial charge in [0.1, 0.15) is 0 Å². The number of likely N-dealkylation sites (tertiary alicyclic amines) is 1. The van der Waals surface area contributed by atoms with E-state index in [0.29, 0.717) is 23.8 Å². The van der Waals surface area contributed by atoms with Gasteiger partial charge in [0.2, 0.25) is 5.91 Å². The number of rotatable bonds is 5. The van der Waals surface area contributed by atoms with E-state index in [2.05, 4.69) is 47.2 Å². The van der Waals surface area contributed by atoms with Crippen LogP contribution in [0.1, 0.15) is 69.0 Å². The highest BCUT2D eigenvalue weighted by Crippen LogP contribution is 2.46. The molecule has 4 unspecified atom stereocenters. The van der Waals surface area contributed by atoms with Crippen molar-refractivity contribution in [1.82, 2.24) is 15.2 Å². The Kier molecular flexibility index (Phi) is 7.34. The minimum atomic E-state index is -0.0811. The molecule has 2 aliphatic heterocycles. The molecule has 1 N–H and O–H groups in total. The minimum Gasteiger partial charge on any atom is -0.339 e. The summed E-state index contributed by atoms with van der Waals surface area (Å²) in [6.07, 6.45) is 24.3. The summed E-state index contributed by atoms with van der Waals surface area (Å²) in [5.74, 6) is 1.65. The van der Waals surface area contributed by atoms with Crippen molar-refractivity contribution >= 4 is 5.91 Å². The van der Waals surface area contributed by atoms with Crippen LogP contribution in [0.4, 0.5) is 0 Å². The lowest BCUT2D eigenvalue weighted by Gasteiger charge is -2.47. The SMILES string of the molecule is C=CC=CC=CC1CCN(C(=O)C2CNCC23CCCc2ncccc23)C(C2CCCCC2)C1. The van der Waals surface area contributed by atoms with Crippen molar-refractivity contribution in [3.05, 3.63) is 66.5 Å². The van der Waals surface area contributed by atoms with Gasteiger partial charge in [0.05, 0.1) is 5.92 Å². The number of aryl methyl sites for hydroxylation is 1. The number of hydrogen-bond donors (Lipinski definition) is 1. The first kappa shape index (κ1) is 23.5. The summed E-state index contributed by atoms with van der Waals surface area (Å²) in [4.78, 5) is 21.4. The quantitative estimate of drug-likeness (QED) is 0.603. The number of nitrogens with zero attached hydrogens (tertiary/aromatic N) is 2. The van der Waals surface area contributed by atoms with Gasteiger partial charge in [0.15, 0.2) is 0 Å².